The number of unbranched alkanes of at least 4 members (excludes halogenated alkanes) is 1. The number of nitrogens with zero attached hydrogens (tertiary/aromatic N) is 1. The Kier molecular flexibility index (Phi) is 6.10. The second-order valence-corrected chi connectivity index (χ2v) is 6.35. The maximum atomic E-state index is 12.2. The van der Waals surface area contributed by atoms with Crippen molar-refractivity contribution in [3.63, 3.8) is 0 Å². The van der Waals surface area contributed by atoms with Crippen LogP contribution < -0.4 is 11.1 Å². The molecule has 0 radical (unpaired) electrons. The van der Waals surface area contributed by atoms with Crippen molar-refractivity contribution < 1.29 is 9.72 Å². The Morgan fingerprint density at radius 2 is 1.83 bits per heavy atom. The zero-order chi connectivity index (χ0) is 16.7. The summed E-state index contributed by atoms with van der Waals surface area (Å²) in [6.45, 7) is 0.630. The lowest BCUT2D eigenvalue weighted by molar-refractivity contribution is -0.384. The minimum atomic E-state index is -0.670. The Bertz CT molecular complexity index is 537. The van der Waals surface area contributed by atoms with E-state index in [1.165, 1.54) is 18.6 Å². The molecule has 0 spiro atoms. The maximum absolute atomic E-state index is 12.2. The fourth-order valence-electron chi connectivity index (χ4n) is 3.03. The topological polar surface area (TPSA) is 98.3 Å². The number of nitro benzene ring substituents is 1. The van der Waals surface area contributed by atoms with Crippen molar-refractivity contribution in [2.45, 2.75) is 56.9 Å². The molecule has 1 aromatic rings. The third-order valence-electron chi connectivity index (χ3n) is 4.52. The zero-order valence-corrected chi connectivity index (χ0v) is 13.4. The first-order chi connectivity index (χ1) is 11.0. The molecular formula is C17H25N3O3. The summed E-state index contributed by atoms with van der Waals surface area (Å²) in [5.74, 6) is -0.0208. The van der Waals surface area contributed by atoms with E-state index in [1.807, 2.05) is 0 Å². The largest absolute Gasteiger partial charge is 0.355 e. The van der Waals surface area contributed by atoms with Gasteiger partial charge in [0.15, 0.2) is 0 Å². The van der Waals surface area contributed by atoms with E-state index >= 15 is 0 Å². The van der Waals surface area contributed by atoms with Gasteiger partial charge in [-0.05, 0) is 37.7 Å². The fourth-order valence-corrected chi connectivity index (χ4v) is 3.03. The maximum Gasteiger partial charge on any atom is 0.269 e. The molecule has 0 unspecified atom stereocenters. The summed E-state index contributed by atoms with van der Waals surface area (Å²) in [5, 5.41) is 13.5. The number of rotatable bonds is 7. The highest BCUT2D eigenvalue weighted by Crippen LogP contribution is 2.25. The summed E-state index contributed by atoms with van der Waals surface area (Å²) < 4.78 is 0. The number of hydrogen-bond donors (Lipinski definition) is 2. The minimum absolute atomic E-state index is 0.0208. The number of carbonyl (C=O) groups is 1. The number of nitrogens with two attached hydrogens (primary N) is 1. The molecule has 2 rings (SSSR count). The number of aryl methyl sites for hydroxylation is 1. The first kappa shape index (κ1) is 17.4. The summed E-state index contributed by atoms with van der Waals surface area (Å²) in [4.78, 5) is 22.3. The lowest BCUT2D eigenvalue weighted by atomic mass is 9.82. The molecule has 23 heavy (non-hydrogen) atoms. The van der Waals surface area contributed by atoms with E-state index in [2.05, 4.69) is 5.32 Å². The number of benzene rings is 1. The van der Waals surface area contributed by atoms with Gasteiger partial charge in [-0.2, -0.15) is 0 Å². The predicted octanol–water partition coefficient (Wildman–Crippen LogP) is 2.70. The van der Waals surface area contributed by atoms with Gasteiger partial charge in [0.2, 0.25) is 5.91 Å². The van der Waals surface area contributed by atoms with Gasteiger partial charge < -0.3 is 11.1 Å². The molecule has 0 saturated heterocycles. The average molecular weight is 319 g/mol. The van der Waals surface area contributed by atoms with Crippen LogP contribution in [-0.2, 0) is 11.2 Å². The van der Waals surface area contributed by atoms with Crippen LogP contribution in [0, 0.1) is 10.1 Å². The summed E-state index contributed by atoms with van der Waals surface area (Å²) >= 11 is 0. The minimum Gasteiger partial charge on any atom is -0.355 e. The quantitative estimate of drug-likeness (QED) is 0.458. The molecule has 1 amide bonds. The Balaban J connectivity index is 1.65. The number of amides is 1. The number of hydrogen-bond acceptors (Lipinski definition) is 4. The van der Waals surface area contributed by atoms with Gasteiger partial charge in [0.05, 0.1) is 10.5 Å². The van der Waals surface area contributed by atoms with E-state index in [1.54, 1.807) is 12.1 Å². The van der Waals surface area contributed by atoms with Crippen molar-refractivity contribution in [1.29, 1.82) is 0 Å². The van der Waals surface area contributed by atoms with Crippen LogP contribution in [0.5, 0.6) is 0 Å². The molecule has 126 valence electrons. The van der Waals surface area contributed by atoms with Gasteiger partial charge in [-0.1, -0.05) is 31.4 Å². The first-order valence-corrected chi connectivity index (χ1v) is 8.32. The van der Waals surface area contributed by atoms with E-state index < -0.39 is 10.5 Å². The number of nitro groups is 1. The van der Waals surface area contributed by atoms with Gasteiger partial charge in [0.1, 0.15) is 0 Å². The van der Waals surface area contributed by atoms with Crippen molar-refractivity contribution in [3.05, 3.63) is 39.9 Å². The molecule has 1 fully saturated rings. The molecule has 0 atom stereocenters. The Morgan fingerprint density at radius 1 is 1.17 bits per heavy atom. The molecule has 0 heterocycles. The summed E-state index contributed by atoms with van der Waals surface area (Å²) in [6.07, 6.45) is 7.44. The Hall–Kier alpha value is -1.95. The monoisotopic (exact) mass is 319 g/mol. The lowest BCUT2D eigenvalue weighted by Crippen LogP contribution is -2.55. The van der Waals surface area contributed by atoms with Gasteiger partial charge in [0.25, 0.3) is 5.69 Å². The molecule has 6 heteroatoms. The SMILES string of the molecule is NC1(C(=O)NCCCCc2ccc([N+](=O)[O-])cc2)CCCCC1. The molecule has 0 aromatic heterocycles. The van der Waals surface area contributed by atoms with Crippen LogP contribution >= 0.6 is 0 Å². The molecule has 0 aliphatic heterocycles. The first-order valence-electron chi connectivity index (χ1n) is 8.32. The highest BCUT2D eigenvalue weighted by molar-refractivity contribution is 5.86. The molecule has 1 saturated carbocycles. The average Bonchev–Trinajstić information content (AvgIpc) is 2.55. The molecular weight excluding hydrogens is 294 g/mol. The molecule has 1 aliphatic carbocycles. The van der Waals surface area contributed by atoms with Crippen LogP contribution in [-0.4, -0.2) is 22.9 Å². The van der Waals surface area contributed by atoms with Gasteiger partial charge in [-0.15, -0.1) is 0 Å². The second-order valence-electron chi connectivity index (χ2n) is 6.35. The molecule has 0 bridgehead atoms. The second kappa shape index (κ2) is 8.06. The van der Waals surface area contributed by atoms with E-state index in [0.29, 0.717) is 6.54 Å². The van der Waals surface area contributed by atoms with Gasteiger partial charge >= 0.3 is 0 Å². The van der Waals surface area contributed by atoms with Gasteiger partial charge in [0, 0.05) is 18.7 Å². The van der Waals surface area contributed by atoms with E-state index in [-0.39, 0.29) is 11.6 Å². The molecule has 1 aromatic carbocycles. The summed E-state index contributed by atoms with van der Waals surface area (Å²) in [5.41, 5.74) is 6.70. The fraction of sp³-hybridized carbons (Fsp3) is 0.588. The predicted molar refractivity (Wildman–Crippen MR) is 89.0 cm³/mol. The van der Waals surface area contributed by atoms with E-state index in [9.17, 15) is 14.9 Å². The summed E-state index contributed by atoms with van der Waals surface area (Å²) in [7, 11) is 0. The van der Waals surface area contributed by atoms with Crippen LogP contribution in [0.4, 0.5) is 5.69 Å². The zero-order valence-electron chi connectivity index (χ0n) is 13.4. The highest BCUT2D eigenvalue weighted by atomic mass is 16.6. The van der Waals surface area contributed by atoms with Crippen molar-refractivity contribution >= 4 is 11.6 Å². The Morgan fingerprint density at radius 3 is 2.43 bits per heavy atom. The van der Waals surface area contributed by atoms with E-state index in [0.717, 1.165) is 50.5 Å². The molecule has 6 nitrogen and oxygen atoms in total. The number of carbonyl (C=O) groups excluding carboxylic acids is 1. The van der Waals surface area contributed by atoms with Crippen molar-refractivity contribution in [1.82, 2.24) is 5.32 Å². The van der Waals surface area contributed by atoms with Crippen LogP contribution in [0.1, 0.15) is 50.5 Å². The molecule has 1 aliphatic rings. The van der Waals surface area contributed by atoms with Gasteiger partial charge in [-0.25, -0.2) is 0 Å². The van der Waals surface area contributed by atoms with Crippen LogP contribution in [0.3, 0.4) is 0 Å². The van der Waals surface area contributed by atoms with Crippen LogP contribution in [0.25, 0.3) is 0 Å². The van der Waals surface area contributed by atoms with Crippen LogP contribution in [0.2, 0.25) is 0 Å². The standard InChI is InChI=1S/C17H25N3O3/c18-17(11-3-1-4-12-17)16(21)19-13-5-2-6-14-7-9-15(10-8-14)20(22)23/h7-10H,1-6,11-13,18H2,(H,19,21). The normalized spacial score (nSPS) is 16.7. The number of non-ortho nitro benzene ring substituents is 1. The van der Waals surface area contributed by atoms with Gasteiger partial charge in [-0.3, -0.25) is 14.9 Å². The number of nitrogens with one attached hydrogen (secondary N) is 1. The Labute approximate surface area is 136 Å². The van der Waals surface area contributed by atoms with E-state index in [4.69, 9.17) is 5.73 Å². The highest BCUT2D eigenvalue weighted by Gasteiger charge is 2.34. The van der Waals surface area contributed by atoms with Crippen LogP contribution in [0.15, 0.2) is 24.3 Å². The summed E-state index contributed by atoms with van der Waals surface area (Å²) in [6, 6.07) is 6.62. The third-order valence-corrected chi connectivity index (χ3v) is 4.52. The smallest absolute Gasteiger partial charge is 0.269 e. The van der Waals surface area contributed by atoms with Crippen molar-refractivity contribution in [2.75, 3.05) is 6.54 Å². The van der Waals surface area contributed by atoms with Crippen molar-refractivity contribution in [3.8, 4) is 0 Å². The molecule has 3 N–H and O–H groups in total. The lowest BCUT2D eigenvalue weighted by Gasteiger charge is -2.31. The van der Waals surface area contributed by atoms with Crippen molar-refractivity contribution in [2.24, 2.45) is 5.73 Å². The third kappa shape index (κ3) is 5.03.